The molecule has 0 fully saturated rings. The molecular weight excluding hydrogens is 370 g/mol. The van der Waals surface area contributed by atoms with Crippen LogP contribution < -0.4 is 4.74 Å². The third-order valence-electron chi connectivity index (χ3n) is 3.19. The molecule has 2 aromatic carbocycles. The Kier molecular flexibility index (Phi) is 5.43. The van der Waals surface area contributed by atoms with Crippen molar-refractivity contribution >= 4 is 17.6 Å². The van der Waals surface area contributed by atoms with Gasteiger partial charge >= 0.3 is 12.6 Å². The first-order valence-corrected chi connectivity index (χ1v) is 7.69. The monoisotopic (exact) mass is 380 g/mol. The van der Waals surface area contributed by atoms with E-state index in [-0.39, 0.29) is 23.8 Å². The molecule has 0 unspecified atom stereocenters. The van der Waals surface area contributed by atoms with Gasteiger partial charge in [0.25, 0.3) is 5.89 Å². The lowest BCUT2D eigenvalue weighted by atomic mass is 10.2. The van der Waals surface area contributed by atoms with Gasteiger partial charge in [0, 0.05) is 10.6 Å². The molecule has 0 saturated carbocycles. The molecule has 0 atom stereocenters. The molecule has 9 heteroatoms. The highest BCUT2D eigenvalue weighted by Crippen LogP contribution is 2.20. The van der Waals surface area contributed by atoms with E-state index in [0.29, 0.717) is 16.4 Å². The summed E-state index contributed by atoms with van der Waals surface area (Å²) in [6, 6.07) is 12.1. The van der Waals surface area contributed by atoms with Crippen LogP contribution in [0.15, 0.2) is 53.1 Å². The number of benzene rings is 2. The largest absolute Gasteiger partial charge is 0.452 e. The van der Waals surface area contributed by atoms with E-state index >= 15 is 0 Å². The normalized spacial score (nSPS) is 10.8. The van der Waals surface area contributed by atoms with E-state index in [1.54, 1.807) is 24.3 Å². The Morgan fingerprint density at radius 3 is 2.69 bits per heavy atom. The summed E-state index contributed by atoms with van der Waals surface area (Å²) >= 11 is 5.81. The van der Waals surface area contributed by atoms with Crippen molar-refractivity contribution in [3.63, 3.8) is 0 Å². The number of halogens is 3. The van der Waals surface area contributed by atoms with Gasteiger partial charge in [0.2, 0.25) is 5.82 Å². The second-order valence-corrected chi connectivity index (χ2v) is 5.44. The second kappa shape index (κ2) is 7.92. The topological polar surface area (TPSA) is 74.5 Å². The Bertz CT molecular complexity index is 900. The molecule has 6 nitrogen and oxygen atoms in total. The molecule has 0 aliphatic rings. The molecule has 134 valence electrons. The molecule has 0 amide bonds. The summed E-state index contributed by atoms with van der Waals surface area (Å²) in [5.41, 5.74) is 0.744. The fourth-order valence-electron chi connectivity index (χ4n) is 2.04. The Morgan fingerprint density at radius 1 is 1.19 bits per heavy atom. The van der Waals surface area contributed by atoms with Gasteiger partial charge in [-0.15, -0.1) is 0 Å². The fourth-order valence-corrected chi connectivity index (χ4v) is 2.17. The van der Waals surface area contributed by atoms with Crippen LogP contribution in [0.2, 0.25) is 5.02 Å². The number of alkyl halides is 2. The van der Waals surface area contributed by atoms with Gasteiger partial charge in [-0.3, -0.25) is 0 Å². The number of ether oxygens (including phenoxy) is 2. The number of esters is 1. The summed E-state index contributed by atoms with van der Waals surface area (Å²) in [4.78, 5) is 16.1. The van der Waals surface area contributed by atoms with Crippen LogP contribution >= 0.6 is 11.6 Å². The Morgan fingerprint density at radius 2 is 1.96 bits per heavy atom. The molecular formula is C17H11ClF2N2O4. The lowest BCUT2D eigenvalue weighted by molar-refractivity contribution is -0.0499. The lowest BCUT2D eigenvalue weighted by Crippen LogP contribution is -2.07. The molecule has 3 aromatic rings. The number of rotatable bonds is 6. The molecule has 0 aliphatic heterocycles. The molecule has 0 radical (unpaired) electrons. The summed E-state index contributed by atoms with van der Waals surface area (Å²) in [5.74, 6) is -0.475. The summed E-state index contributed by atoms with van der Waals surface area (Å²) in [6.07, 6.45) is 0. The zero-order valence-electron chi connectivity index (χ0n) is 13.1. The number of carbonyl (C=O) groups is 1. The Balaban J connectivity index is 1.62. The van der Waals surface area contributed by atoms with Gasteiger partial charge in [-0.05, 0) is 42.5 Å². The SMILES string of the molecule is O=C(OCc1nc(-c2ccc(Cl)cc2)no1)c1cccc(OC(F)F)c1. The molecule has 1 aromatic heterocycles. The van der Waals surface area contributed by atoms with Crippen LogP contribution in [0.25, 0.3) is 11.4 Å². The minimum Gasteiger partial charge on any atom is -0.452 e. The first-order valence-electron chi connectivity index (χ1n) is 7.32. The Labute approximate surface area is 151 Å². The highest BCUT2D eigenvalue weighted by Gasteiger charge is 2.14. The van der Waals surface area contributed by atoms with E-state index in [2.05, 4.69) is 14.9 Å². The van der Waals surface area contributed by atoms with Crippen LogP contribution in [0.3, 0.4) is 0 Å². The van der Waals surface area contributed by atoms with Crippen LogP contribution in [-0.4, -0.2) is 22.7 Å². The van der Waals surface area contributed by atoms with E-state index in [0.717, 1.165) is 6.07 Å². The van der Waals surface area contributed by atoms with Crippen molar-refractivity contribution in [1.29, 1.82) is 0 Å². The highest BCUT2D eigenvalue weighted by atomic mass is 35.5. The molecule has 0 aliphatic carbocycles. The van der Waals surface area contributed by atoms with Crippen LogP contribution in [0.1, 0.15) is 16.2 Å². The van der Waals surface area contributed by atoms with Crippen LogP contribution in [0, 0.1) is 0 Å². The van der Waals surface area contributed by atoms with E-state index in [4.69, 9.17) is 20.9 Å². The van der Waals surface area contributed by atoms with Crippen molar-refractivity contribution in [3.05, 3.63) is 65.0 Å². The molecule has 0 spiro atoms. The predicted molar refractivity (Wildman–Crippen MR) is 86.9 cm³/mol. The van der Waals surface area contributed by atoms with Crippen LogP contribution in [-0.2, 0) is 11.3 Å². The van der Waals surface area contributed by atoms with Crippen molar-refractivity contribution in [2.45, 2.75) is 13.2 Å². The number of aromatic nitrogens is 2. The van der Waals surface area contributed by atoms with Gasteiger partial charge in [0.15, 0.2) is 6.61 Å². The van der Waals surface area contributed by atoms with Gasteiger partial charge in [-0.1, -0.05) is 22.8 Å². The van der Waals surface area contributed by atoms with Crippen molar-refractivity contribution in [2.24, 2.45) is 0 Å². The summed E-state index contributed by atoms with van der Waals surface area (Å²) in [6.45, 7) is -3.25. The first-order chi connectivity index (χ1) is 12.5. The predicted octanol–water partition coefficient (Wildman–Crippen LogP) is 4.35. The molecule has 1 heterocycles. The van der Waals surface area contributed by atoms with Crippen LogP contribution in [0.4, 0.5) is 8.78 Å². The average molecular weight is 381 g/mol. The van der Waals surface area contributed by atoms with E-state index < -0.39 is 12.6 Å². The number of hydrogen-bond donors (Lipinski definition) is 0. The van der Waals surface area contributed by atoms with E-state index in [9.17, 15) is 13.6 Å². The van der Waals surface area contributed by atoms with Gasteiger partial charge in [-0.25, -0.2) is 4.79 Å². The number of hydrogen-bond acceptors (Lipinski definition) is 6. The number of carbonyl (C=O) groups excluding carboxylic acids is 1. The number of nitrogens with zero attached hydrogens (tertiary/aromatic N) is 2. The van der Waals surface area contributed by atoms with Gasteiger partial charge in [0.1, 0.15) is 5.75 Å². The molecule has 0 saturated heterocycles. The van der Waals surface area contributed by atoms with Crippen molar-refractivity contribution in [3.8, 4) is 17.1 Å². The van der Waals surface area contributed by atoms with Crippen molar-refractivity contribution in [2.75, 3.05) is 0 Å². The van der Waals surface area contributed by atoms with Crippen molar-refractivity contribution < 1.29 is 27.6 Å². The van der Waals surface area contributed by atoms with Gasteiger partial charge < -0.3 is 14.0 Å². The summed E-state index contributed by atoms with van der Waals surface area (Å²) < 4.78 is 38.7. The average Bonchev–Trinajstić information content (AvgIpc) is 3.09. The maximum atomic E-state index is 12.2. The molecule has 26 heavy (non-hydrogen) atoms. The molecule has 0 bridgehead atoms. The smallest absolute Gasteiger partial charge is 0.387 e. The maximum absolute atomic E-state index is 12.2. The fraction of sp³-hybridized carbons (Fsp3) is 0.118. The highest BCUT2D eigenvalue weighted by molar-refractivity contribution is 6.30. The third kappa shape index (κ3) is 4.54. The summed E-state index contributed by atoms with van der Waals surface area (Å²) in [5, 5.41) is 4.36. The minimum atomic E-state index is -2.98. The standard InChI is InChI=1S/C17H11ClF2N2O4/c18-12-6-4-10(5-7-12)15-21-14(26-22-15)9-24-16(23)11-2-1-3-13(8-11)25-17(19)20/h1-8,17H,9H2. The first kappa shape index (κ1) is 17.8. The van der Waals surface area contributed by atoms with E-state index in [1.165, 1.54) is 18.2 Å². The van der Waals surface area contributed by atoms with Gasteiger partial charge in [-0.2, -0.15) is 13.8 Å². The Hall–Kier alpha value is -3.00. The maximum Gasteiger partial charge on any atom is 0.387 e. The van der Waals surface area contributed by atoms with Crippen LogP contribution in [0.5, 0.6) is 5.75 Å². The quantitative estimate of drug-likeness (QED) is 0.592. The van der Waals surface area contributed by atoms with Crippen molar-refractivity contribution in [1.82, 2.24) is 10.1 Å². The molecule has 3 rings (SSSR count). The third-order valence-corrected chi connectivity index (χ3v) is 3.44. The van der Waals surface area contributed by atoms with Gasteiger partial charge in [0.05, 0.1) is 5.56 Å². The second-order valence-electron chi connectivity index (χ2n) is 5.00. The lowest BCUT2D eigenvalue weighted by Gasteiger charge is -2.06. The molecule has 0 N–H and O–H groups in total. The van der Waals surface area contributed by atoms with E-state index in [1.807, 2.05) is 0 Å². The summed E-state index contributed by atoms with van der Waals surface area (Å²) in [7, 11) is 0. The minimum absolute atomic E-state index is 0.0561. The zero-order valence-corrected chi connectivity index (χ0v) is 13.8. The zero-order chi connectivity index (χ0) is 18.5.